The highest BCUT2D eigenvalue weighted by Crippen LogP contribution is 2.20. The molecular formula is C21H32N6. The number of piperidine rings is 1. The van der Waals surface area contributed by atoms with Crippen molar-refractivity contribution in [3.63, 3.8) is 0 Å². The van der Waals surface area contributed by atoms with Crippen molar-refractivity contribution in [3.8, 4) is 11.3 Å². The molecule has 1 aromatic heterocycles. The lowest BCUT2D eigenvalue weighted by Gasteiger charge is -2.41. The van der Waals surface area contributed by atoms with Gasteiger partial charge >= 0.3 is 0 Å². The first-order valence-electron chi connectivity index (χ1n) is 9.87. The minimum atomic E-state index is 0.114. The number of likely N-dealkylation sites (tertiary alicyclic amines) is 1. The van der Waals surface area contributed by atoms with Gasteiger partial charge in [-0.25, -0.2) is 4.98 Å². The molecule has 0 spiro atoms. The van der Waals surface area contributed by atoms with Crippen LogP contribution in [0.5, 0.6) is 0 Å². The van der Waals surface area contributed by atoms with Crippen molar-refractivity contribution >= 4 is 5.96 Å². The highest BCUT2D eigenvalue weighted by Gasteiger charge is 2.27. The van der Waals surface area contributed by atoms with Crippen molar-refractivity contribution in [1.29, 1.82) is 0 Å². The van der Waals surface area contributed by atoms with Gasteiger partial charge in [-0.05, 0) is 45.3 Å². The van der Waals surface area contributed by atoms with Crippen molar-refractivity contribution in [1.82, 2.24) is 25.5 Å². The average molecular weight is 369 g/mol. The number of aromatic amines is 1. The van der Waals surface area contributed by atoms with Crippen LogP contribution >= 0.6 is 0 Å². The molecule has 0 bridgehead atoms. The van der Waals surface area contributed by atoms with Crippen LogP contribution in [0.1, 0.15) is 38.9 Å². The third-order valence-electron chi connectivity index (χ3n) is 5.26. The molecule has 1 fully saturated rings. The first kappa shape index (κ1) is 19.4. The van der Waals surface area contributed by atoms with Gasteiger partial charge in [0.25, 0.3) is 0 Å². The van der Waals surface area contributed by atoms with Crippen LogP contribution in [0, 0.1) is 0 Å². The Bertz CT molecular complexity index is 728. The molecular weight excluding hydrogens is 336 g/mol. The zero-order chi connectivity index (χ0) is 19.1. The largest absolute Gasteiger partial charge is 0.355 e. The van der Waals surface area contributed by atoms with Crippen molar-refractivity contribution in [2.24, 2.45) is 4.99 Å². The van der Waals surface area contributed by atoms with Crippen LogP contribution in [-0.2, 0) is 6.54 Å². The van der Waals surface area contributed by atoms with Crippen LogP contribution in [-0.4, -0.2) is 53.0 Å². The van der Waals surface area contributed by atoms with Gasteiger partial charge < -0.3 is 15.6 Å². The highest BCUT2D eigenvalue weighted by molar-refractivity contribution is 5.79. The molecule has 0 amide bonds. The first-order valence-corrected chi connectivity index (χ1v) is 9.87. The molecule has 27 heavy (non-hydrogen) atoms. The van der Waals surface area contributed by atoms with Crippen LogP contribution in [0.15, 0.2) is 41.5 Å². The van der Waals surface area contributed by atoms with E-state index in [4.69, 9.17) is 0 Å². The smallest absolute Gasteiger partial charge is 0.191 e. The van der Waals surface area contributed by atoms with E-state index in [0.29, 0.717) is 6.54 Å². The molecule has 2 heterocycles. The predicted octanol–water partition coefficient (Wildman–Crippen LogP) is 3.01. The SMILES string of the molecule is CN=C(NCc1ncc(-c2ccccc2)[nH]1)NCC(C)(C)N1CCCCC1. The van der Waals surface area contributed by atoms with Gasteiger partial charge in [-0.15, -0.1) is 0 Å². The van der Waals surface area contributed by atoms with Crippen LogP contribution in [0.3, 0.4) is 0 Å². The summed E-state index contributed by atoms with van der Waals surface area (Å²) >= 11 is 0. The topological polar surface area (TPSA) is 68.3 Å². The lowest BCUT2D eigenvalue weighted by atomic mass is 9.98. The maximum absolute atomic E-state index is 4.47. The summed E-state index contributed by atoms with van der Waals surface area (Å²) in [6.07, 6.45) is 5.84. The van der Waals surface area contributed by atoms with Crippen molar-refractivity contribution in [2.45, 2.75) is 45.2 Å². The number of aromatic nitrogens is 2. The Morgan fingerprint density at radius 2 is 1.89 bits per heavy atom. The van der Waals surface area contributed by atoms with E-state index in [-0.39, 0.29) is 5.54 Å². The van der Waals surface area contributed by atoms with E-state index in [1.807, 2.05) is 24.4 Å². The fourth-order valence-electron chi connectivity index (χ4n) is 3.52. The molecule has 1 aliphatic heterocycles. The Balaban J connectivity index is 1.50. The summed E-state index contributed by atoms with van der Waals surface area (Å²) in [5, 5.41) is 6.82. The summed E-state index contributed by atoms with van der Waals surface area (Å²) < 4.78 is 0. The predicted molar refractivity (Wildman–Crippen MR) is 112 cm³/mol. The third kappa shape index (κ3) is 5.32. The lowest BCUT2D eigenvalue weighted by Crippen LogP contribution is -2.54. The number of aliphatic imine (C=N–C) groups is 1. The number of nitrogens with one attached hydrogen (secondary N) is 3. The molecule has 0 atom stereocenters. The minimum absolute atomic E-state index is 0.114. The second-order valence-corrected chi connectivity index (χ2v) is 7.75. The fourth-order valence-corrected chi connectivity index (χ4v) is 3.52. The van der Waals surface area contributed by atoms with Crippen molar-refractivity contribution < 1.29 is 0 Å². The number of H-pyrrole nitrogens is 1. The molecule has 6 nitrogen and oxygen atoms in total. The molecule has 2 aromatic rings. The van der Waals surface area contributed by atoms with Gasteiger partial charge in [0.15, 0.2) is 5.96 Å². The third-order valence-corrected chi connectivity index (χ3v) is 5.26. The molecule has 1 aliphatic rings. The number of nitrogens with zero attached hydrogens (tertiary/aromatic N) is 3. The number of rotatable bonds is 6. The van der Waals surface area contributed by atoms with E-state index >= 15 is 0 Å². The normalized spacial score (nSPS) is 16.3. The molecule has 0 aliphatic carbocycles. The average Bonchev–Trinajstić information content (AvgIpc) is 3.18. The van der Waals surface area contributed by atoms with E-state index in [2.05, 4.69) is 56.5 Å². The Kier molecular flexibility index (Phi) is 6.50. The van der Waals surface area contributed by atoms with Crippen molar-refractivity contribution in [2.75, 3.05) is 26.7 Å². The summed E-state index contributed by atoms with van der Waals surface area (Å²) in [7, 11) is 1.81. The Morgan fingerprint density at radius 3 is 2.59 bits per heavy atom. The Morgan fingerprint density at radius 1 is 1.15 bits per heavy atom. The summed E-state index contributed by atoms with van der Waals surface area (Å²) in [6.45, 7) is 8.45. The summed E-state index contributed by atoms with van der Waals surface area (Å²) in [4.78, 5) is 14.8. The number of hydrogen-bond donors (Lipinski definition) is 3. The van der Waals surface area contributed by atoms with Gasteiger partial charge in [-0.1, -0.05) is 36.8 Å². The van der Waals surface area contributed by atoms with Crippen LogP contribution in [0.25, 0.3) is 11.3 Å². The lowest BCUT2D eigenvalue weighted by molar-refractivity contribution is 0.0982. The van der Waals surface area contributed by atoms with Crippen LogP contribution in [0.4, 0.5) is 0 Å². The van der Waals surface area contributed by atoms with Crippen LogP contribution < -0.4 is 10.6 Å². The molecule has 146 valence electrons. The summed E-state index contributed by atoms with van der Waals surface area (Å²) in [6, 6.07) is 10.2. The van der Waals surface area contributed by atoms with E-state index < -0.39 is 0 Å². The molecule has 3 rings (SSSR count). The van der Waals surface area contributed by atoms with E-state index in [1.54, 1.807) is 7.05 Å². The van der Waals surface area contributed by atoms with Gasteiger partial charge in [-0.3, -0.25) is 9.89 Å². The zero-order valence-corrected chi connectivity index (χ0v) is 16.8. The second kappa shape index (κ2) is 9.04. The summed E-state index contributed by atoms with van der Waals surface area (Å²) in [5.74, 6) is 1.70. The number of hydrogen-bond acceptors (Lipinski definition) is 3. The molecule has 3 N–H and O–H groups in total. The maximum atomic E-state index is 4.47. The Labute approximate surface area is 162 Å². The maximum Gasteiger partial charge on any atom is 0.191 e. The van der Waals surface area contributed by atoms with E-state index in [9.17, 15) is 0 Å². The molecule has 6 heteroatoms. The summed E-state index contributed by atoms with van der Waals surface area (Å²) in [5.41, 5.74) is 2.28. The van der Waals surface area contributed by atoms with Crippen molar-refractivity contribution in [3.05, 3.63) is 42.4 Å². The molecule has 0 radical (unpaired) electrons. The van der Waals surface area contributed by atoms with Crippen LogP contribution in [0.2, 0.25) is 0 Å². The van der Waals surface area contributed by atoms with Gasteiger partial charge in [0.2, 0.25) is 0 Å². The standard InChI is InChI=1S/C21H32N6/c1-21(2,27-12-8-5-9-13-27)16-25-20(22-3)24-15-19-23-14-18(26-19)17-10-6-4-7-11-17/h4,6-7,10-11,14H,5,8-9,12-13,15-16H2,1-3H3,(H,23,26)(H2,22,24,25). The fraction of sp³-hybridized carbons (Fsp3) is 0.524. The second-order valence-electron chi connectivity index (χ2n) is 7.75. The zero-order valence-electron chi connectivity index (χ0n) is 16.8. The van der Waals surface area contributed by atoms with E-state index in [0.717, 1.165) is 29.6 Å². The minimum Gasteiger partial charge on any atom is -0.355 e. The highest BCUT2D eigenvalue weighted by atomic mass is 15.2. The number of benzene rings is 1. The molecule has 1 saturated heterocycles. The van der Waals surface area contributed by atoms with Gasteiger partial charge in [0.05, 0.1) is 18.4 Å². The van der Waals surface area contributed by atoms with Gasteiger partial charge in [0.1, 0.15) is 5.82 Å². The first-order chi connectivity index (χ1) is 13.1. The number of imidazole rings is 1. The van der Waals surface area contributed by atoms with E-state index in [1.165, 1.54) is 32.4 Å². The monoisotopic (exact) mass is 368 g/mol. The Hall–Kier alpha value is -2.34. The van der Waals surface area contributed by atoms with Gasteiger partial charge in [0, 0.05) is 19.1 Å². The molecule has 1 aromatic carbocycles. The number of guanidine groups is 1. The quantitative estimate of drug-likeness (QED) is 0.542. The molecule has 0 unspecified atom stereocenters. The van der Waals surface area contributed by atoms with Gasteiger partial charge in [-0.2, -0.15) is 0 Å². The molecule has 0 saturated carbocycles.